The van der Waals surface area contributed by atoms with Gasteiger partial charge >= 0.3 is 0 Å². The van der Waals surface area contributed by atoms with Gasteiger partial charge in [-0.2, -0.15) is 0 Å². The molecule has 4 rings (SSSR count). The molecule has 0 saturated carbocycles. The number of hydrogen-bond donors (Lipinski definition) is 1. The van der Waals surface area contributed by atoms with E-state index < -0.39 is 0 Å². The van der Waals surface area contributed by atoms with Crippen LogP contribution in [0.1, 0.15) is 76.6 Å². The van der Waals surface area contributed by atoms with E-state index >= 15 is 0 Å². The number of carbonyl (C=O) groups excluding carboxylic acids is 1. The Bertz CT molecular complexity index is 1170. The summed E-state index contributed by atoms with van der Waals surface area (Å²) in [6.07, 6.45) is 7.08. The highest BCUT2D eigenvalue weighted by molar-refractivity contribution is 7.80. The Hall–Kier alpha value is -2.31. The van der Waals surface area contributed by atoms with Crippen LogP contribution in [0.15, 0.2) is 47.4 Å². The Kier molecular flexibility index (Phi) is 10.3. The molecule has 206 valence electrons. The van der Waals surface area contributed by atoms with Crippen molar-refractivity contribution in [2.75, 3.05) is 32.7 Å². The Labute approximate surface area is 235 Å². The maximum Gasteiger partial charge on any atom is 0.253 e. The van der Waals surface area contributed by atoms with Crippen LogP contribution in [-0.4, -0.2) is 58.0 Å². The molecular formula is C32H46N4OS. The molecule has 3 aromatic rings. The minimum atomic E-state index is 0.134. The van der Waals surface area contributed by atoms with Gasteiger partial charge in [0.05, 0.1) is 11.0 Å². The SMILES string of the molecule is CC(C)CCN(CCC(C)C)C(=O)c1ccc2nc(-c3ccc(S)cc3)n(CCCN3CCCCC3)c2c1. The molecule has 0 spiro atoms. The molecule has 0 radical (unpaired) electrons. The predicted molar refractivity (Wildman–Crippen MR) is 162 cm³/mol. The van der Waals surface area contributed by atoms with Crippen LogP contribution < -0.4 is 0 Å². The van der Waals surface area contributed by atoms with Crippen molar-refractivity contribution in [2.45, 2.75) is 77.7 Å². The minimum Gasteiger partial charge on any atom is -0.339 e. The summed E-state index contributed by atoms with van der Waals surface area (Å²) in [7, 11) is 0. The average molecular weight is 535 g/mol. The number of piperidine rings is 1. The first-order chi connectivity index (χ1) is 18.3. The first-order valence-electron chi connectivity index (χ1n) is 14.6. The predicted octanol–water partition coefficient (Wildman–Crippen LogP) is 7.40. The molecule has 38 heavy (non-hydrogen) atoms. The number of imidazole rings is 1. The summed E-state index contributed by atoms with van der Waals surface area (Å²) in [5, 5.41) is 0. The van der Waals surface area contributed by atoms with Gasteiger partial charge in [-0.3, -0.25) is 4.79 Å². The zero-order valence-corrected chi connectivity index (χ0v) is 24.7. The van der Waals surface area contributed by atoms with E-state index in [2.05, 4.69) is 72.9 Å². The number of benzene rings is 2. The number of amides is 1. The number of aromatic nitrogens is 2. The van der Waals surface area contributed by atoms with E-state index in [-0.39, 0.29) is 5.91 Å². The second kappa shape index (κ2) is 13.7. The van der Waals surface area contributed by atoms with Crippen molar-refractivity contribution in [1.82, 2.24) is 19.4 Å². The van der Waals surface area contributed by atoms with Crippen molar-refractivity contribution in [2.24, 2.45) is 11.8 Å². The first-order valence-corrected chi connectivity index (χ1v) is 15.1. The van der Waals surface area contributed by atoms with Crippen molar-refractivity contribution in [3.8, 4) is 11.4 Å². The van der Waals surface area contributed by atoms with Crippen LogP contribution in [0.2, 0.25) is 0 Å². The Morgan fingerprint density at radius 1 is 0.921 bits per heavy atom. The molecule has 0 unspecified atom stereocenters. The van der Waals surface area contributed by atoms with Crippen LogP contribution in [0.25, 0.3) is 22.4 Å². The Morgan fingerprint density at radius 3 is 2.21 bits per heavy atom. The van der Waals surface area contributed by atoms with E-state index in [1.165, 1.54) is 32.4 Å². The third-order valence-electron chi connectivity index (χ3n) is 7.67. The molecular weight excluding hydrogens is 488 g/mol. The zero-order valence-electron chi connectivity index (χ0n) is 23.8. The van der Waals surface area contributed by atoms with Crippen LogP contribution in [0.3, 0.4) is 0 Å². The van der Waals surface area contributed by atoms with Gasteiger partial charge in [-0.25, -0.2) is 4.98 Å². The highest BCUT2D eigenvalue weighted by Crippen LogP contribution is 2.28. The number of carbonyl (C=O) groups is 1. The van der Waals surface area contributed by atoms with Gasteiger partial charge in [0.25, 0.3) is 5.91 Å². The van der Waals surface area contributed by atoms with Crippen molar-refractivity contribution >= 4 is 29.6 Å². The van der Waals surface area contributed by atoms with E-state index in [4.69, 9.17) is 4.98 Å². The van der Waals surface area contributed by atoms with Gasteiger partial charge in [-0.1, -0.05) is 46.2 Å². The fourth-order valence-electron chi connectivity index (χ4n) is 5.27. The van der Waals surface area contributed by atoms with E-state index in [1.807, 2.05) is 24.3 Å². The fourth-order valence-corrected chi connectivity index (χ4v) is 5.42. The molecule has 1 amide bonds. The second-order valence-corrected chi connectivity index (χ2v) is 12.3. The summed E-state index contributed by atoms with van der Waals surface area (Å²) in [6.45, 7) is 14.9. The lowest BCUT2D eigenvalue weighted by atomic mass is 10.1. The highest BCUT2D eigenvalue weighted by Gasteiger charge is 2.20. The number of thiol groups is 1. The summed E-state index contributed by atoms with van der Waals surface area (Å²) in [4.78, 5) is 24.4. The third kappa shape index (κ3) is 7.63. The quantitative estimate of drug-likeness (QED) is 0.246. The van der Waals surface area contributed by atoms with Crippen molar-refractivity contribution in [3.05, 3.63) is 48.0 Å². The van der Waals surface area contributed by atoms with Gasteiger partial charge in [-0.15, -0.1) is 12.6 Å². The molecule has 1 fully saturated rings. The number of aryl methyl sites for hydroxylation is 1. The van der Waals surface area contributed by atoms with Gasteiger partial charge in [0.1, 0.15) is 5.82 Å². The summed E-state index contributed by atoms with van der Waals surface area (Å²) >= 11 is 4.47. The molecule has 6 heteroatoms. The number of nitrogens with zero attached hydrogens (tertiary/aromatic N) is 4. The zero-order chi connectivity index (χ0) is 27.1. The van der Waals surface area contributed by atoms with E-state index in [0.717, 1.165) is 78.3 Å². The summed E-state index contributed by atoms with van der Waals surface area (Å²) in [5.41, 5.74) is 3.84. The maximum atomic E-state index is 13.7. The summed E-state index contributed by atoms with van der Waals surface area (Å²) < 4.78 is 2.33. The van der Waals surface area contributed by atoms with Gasteiger partial charge in [-0.05, 0) is 93.9 Å². The molecule has 5 nitrogen and oxygen atoms in total. The van der Waals surface area contributed by atoms with Crippen molar-refractivity contribution in [3.63, 3.8) is 0 Å². The van der Waals surface area contributed by atoms with E-state index in [0.29, 0.717) is 11.8 Å². The van der Waals surface area contributed by atoms with Crippen LogP contribution in [0.4, 0.5) is 0 Å². The molecule has 1 aromatic heterocycles. The standard InChI is InChI=1S/C32H46N4OS/c1-24(2)15-21-35(22-16-25(3)4)32(37)27-11-14-29-30(23-27)36(20-8-19-34-17-6-5-7-18-34)31(33-29)26-9-12-28(38)13-10-26/h9-14,23-25,38H,5-8,15-22H2,1-4H3. The smallest absolute Gasteiger partial charge is 0.253 e. The van der Waals surface area contributed by atoms with Gasteiger partial charge < -0.3 is 14.4 Å². The van der Waals surface area contributed by atoms with Crippen LogP contribution in [-0.2, 0) is 6.54 Å². The van der Waals surface area contributed by atoms with Crippen LogP contribution >= 0.6 is 12.6 Å². The maximum absolute atomic E-state index is 13.7. The van der Waals surface area contributed by atoms with Gasteiger partial charge in [0.15, 0.2) is 0 Å². The van der Waals surface area contributed by atoms with Gasteiger partial charge in [0.2, 0.25) is 0 Å². The van der Waals surface area contributed by atoms with Crippen LogP contribution in [0, 0.1) is 11.8 Å². The number of hydrogen-bond acceptors (Lipinski definition) is 4. The van der Waals surface area contributed by atoms with Crippen LogP contribution in [0.5, 0.6) is 0 Å². The molecule has 1 aliphatic heterocycles. The number of fused-ring (bicyclic) bond motifs is 1. The first kappa shape index (κ1) is 28.7. The molecule has 0 atom stereocenters. The molecule has 2 aromatic carbocycles. The Balaban J connectivity index is 1.64. The normalized spacial score (nSPS) is 14.6. The van der Waals surface area contributed by atoms with Crippen molar-refractivity contribution < 1.29 is 4.79 Å². The average Bonchev–Trinajstić information content (AvgIpc) is 3.27. The molecule has 1 saturated heterocycles. The van der Waals surface area contributed by atoms with Crippen molar-refractivity contribution in [1.29, 1.82) is 0 Å². The van der Waals surface area contributed by atoms with E-state index in [1.54, 1.807) is 0 Å². The molecule has 0 N–H and O–H groups in total. The Morgan fingerprint density at radius 2 is 1.58 bits per heavy atom. The molecule has 1 aliphatic rings. The molecule has 0 bridgehead atoms. The lowest BCUT2D eigenvalue weighted by Crippen LogP contribution is -2.34. The highest BCUT2D eigenvalue weighted by atomic mass is 32.1. The topological polar surface area (TPSA) is 41.4 Å². The lowest BCUT2D eigenvalue weighted by molar-refractivity contribution is 0.0741. The second-order valence-electron chi connectivity index (χ2n) is 11.8. The molecule has 0 aliphatic carbocycles. The monoisotopic (exact) mass is 534 g/mol. The number of rotatable bonds is 12. The lowest BCUT2D eigenvalue weighted by Gasteiger charge is -2.26. The number of likely N-dealkylation sites (tertiary alicyclic amines) is 1. The largest absolute Gasteiger partial charge is 0.339 e. The fraction of sp³-hybridized carbons (Fsp3) is 0.562. The van der Waals surface area contributed by atoms with Gasteiger partial charge in [0, 0.05) is 35.7 Å². The minimum absolute atomic E-state index is 0.134. The third-order valence-corrected chi connectivity index (χ3v) is 7.96. The summed E-state index contributed by atoms with van der Waals surface area (Å²) in [5.74, 6) is 2.24. The van der Waals surface area contributed by atoms with E-state index in [9.17, 15) is 4.79 Å². The molecule has 2 heterocycles. The summed E-state index contributed by atoms with van der Waals surface area (Å²) in [6, 6.07) is 14.3.